The first-order chi connectivity index (χ1) is 9.40. The van der Waals surface area contributed by atoms with Crippen molar-refractivity contribution in [2.24, 2.45) is 0 Å². The Morgan fingerprint density at radius 2 is 1.95 bits per heavy atom. The van der Waals surface area contributed by atoms with Gasteiger partial charge in [0.15, 0.2) is 0 Å². The Hall–Kier alpha value is -2.07. The van der Waals surface area contributed by atoms with Crippen LogP contribution in [0.2, 0.25) is 5.02 Å². The standard InChI is InChI=1S/C15H14ClFN2O/c1-8-6-9(2)13(18)7-10(8)15(20)19-14-11(16)4-3-5-12(14)17/h3-7H,18H2,1-2H3,(H,19,20). The number of aryl methyl sites for hydroxylation is 2. The molecular weight excluding hydrogens is 279 g/mol. The number of benzene rings is 2. The lowest BCUT2D eigenvalue weighted by Gasteiger charge is -2.11. The highest BCUT2D eigenvalue weighted by Gasteiger charge is 2.15. The van der Waals surface area contributed by atoms with Gasteiger partial charge < -0.3 is 11.1 Å². The molecule has 104 valence electrons. The molecule has 0 spiro atoms. The van der Waals surface area contributed by atoms with E-state index in [1.807, 2.05) is 13.0 Å². The third-order valence-corrected chi connectivity index (χ3v) is 3.37. The fourth-order valence-electron chi connectivity index (χ4n) is 1.91. The lowest BCUT2D eigenvalue weighted by molar-refractivity contribution is 0.102. The maximum Gasteiger partial charge on any atom is 0.256 e. The highest BCUT2D eigenvalue weighted by atomic mass is 35.5. The van der Waals surface area contributed by atoms with E-state index in [1.165, 1.54) is 18.2 Å². The minimum atomic E-state index is -0.580. The summed E-state index contributed by atoms with van der Waals surface area (Å²) in [5, 5.41) is 2.63. The van der Waals surface area contributed by atoms with Crippen molar-refractivity contribution in [1.29, 1.82) is 0 Å². The fourth-order valence-corrected chi connectivity index (χ4v) is 2.12. The minimum Gasteiger partial charge on any atom is -0.398 e. The molecule has 0 saturated heterocycles. The van der Waals surface area contributed by atoms with E-state index in [0.29, 0.717) is 11.3 Å². The average molecular weight is 293 g/mol. The molecular formula is C15H14ClFN2O. The van der Waals surface area contributed by atoms with Crippen LogP contribution in [-0.4, -0.2) is 5.91 Å². The van der Waals surface area contributed by atoms with Crippen LogP contribution in [0.15, 0.2) is 30.3 Å². The van der Waals surface area contributed by atoms with Crippen LogP contribution in [0.3, 0.4) is 0 Å². The Morgan fingerprint density at radius 3 is 2.60 bits per heavy atom. The number of nitrogen functional groups attached to an aromatic ring is 1. The summed E-state index contributed by atoms with van der Waals surface area (Å²) < 4.78 is 13.6. The van der Waals surface area contributed by atoms with Gasteiger partial charge in [-0.25, -0.2) is 4.39 Å². The lowest BCUT2D eigenvalue weighted by atomic mass is 10.0. The zero-order valence-electron chi connectivity index (χ0n) is 11.1. The van der Waals surface area contributed by atoms with Crippen LogP contribution in [0.4, 0.5) is 15.8 Å². The maximum absolute atomic E-state index is 13.6. The SMILES string of the molecule is Cc1cc(C)c(C(=O)Nc2c(F)cccc2Cl)cc1N. The van der Waals surface area contributed by atoms with Gasteiger partial charge in [-0.1, -0.05) is 23.7 Å². The van der Waals surface area contributed by atoms with Gasteiger partial charge in [0, 0.05) is 11.3 Å². The Labute approximate surface area is 121 Å². The Morgan fingerprint density at radius 1 is 1.25 bits per heavy atom. The molecule has 0 heterocycles. The molecule has 0 saturated carbocycles. The number of rotatable bonds is 2. The predicted molar refractivity (Wildman–Crippen MR) is 79.7 cm³/mol. The van der Waals surface area contributed by atoms with Gasteiger partial charge in [-0.2, -0.15) is 0 Å². The van der Waals surface area contributed by atoms with Crippen molar-refractivity contribution < 1.29 is 9.18 Å². The Balaban J connectivity index is 2.36. The molecule has 5 heteroatoms. The zero-order valence-corrected chi connectivity index (χ0v) is 11.9. The van der Waals surface area contributed by atoms with E-state index in [0.717, 1.165) is 11.1 Å². The molecule has 0 aliphatic rings. The number of nitrogens with one attached hydrogen (secondary N) is 1. The van der Waals surface area contributed by atoms with Gasteiger partial charge in [0.1, 0.15) is 5.82 Å². The quantitative estimate of drug-likeness (QED) is 0.824. The number of hydrogen-bond acceptors (Lipinski definition) is 2. The van der Waals surface area contributed by atoms with Crippen LogP contribution >= 0.6 is 11.6 Å². The second-order valence-corrected chi connectivity index (χ2v) is 4.98. The van der Waals surface area contributed by atoms with E-state index in [9.17, 15) is 9.18 Å². The minimum absolute atomic E-state index is 0.0299. The molecule has 0 aliphatic carbocycles. The van der Waals surface area contributed by atoms with Crippen molar-refractivity contribution in [3.8, 4) is 0 Å². The number of carbonyl (C=O) groups is 1. The molecule has 0 aliphatic heterocycles. The summed E-state index contributed by atoms with van der Waals surface area (Å²) >= 11 is 5.88. The zero-order chi connectivity index (χ0) is 14.9. The molecule has 20 heavy (non-hydrogen) atoms. The maximum atomic E-state index is 13.6. The second-order valence-electron chi connectivity index (χ2n) is 4.57. The number of carbonyl (C=O) groups excluding carboxylic acids is 1. The van der Waals surface area contributed by atoms with Crippen molar-refractivity contribution in [2.75, 3.05) is 11.1 Å². The van der Waals surface area contributed by atoms with Crippen molar-refractivity contribution in [3.63, 3.8) is 0 Å². The van der Waals surface area contributed by atoms with Gasteiger partial charge >= 0.3 is 0 Å². The third kappa shape index (κ3) is 2.75. The molecule has 0 radical (unpaired) electrons. The largest absolute Gasteiger partial charge is 0.398 e. The van der Waals surface area contributed by atoms with Gasteiger partial charge in [-0.05, 0) is 43.2 Å². The van der Waals surface area contributed by atoms with Crippen LogP contribution in [0.25, 0.3) is 0 Å². The molecule has 2 rings (SSSR count). The number of para-hydroxylation sites is 1. The Kier molecular flexibility index (Phi) is 3.95. The predicted octanol–water partition coefficient (Wildman–Crippen LogP) is 3.93. The summed E-state index contributed by atoms with van der Waals surface area (Å²) in [6, 6.07) is 7.61. The van der Waals surface area contributed by atoms with Crippen LogP contribution in [0, 0.1) is 19.7 Å². The molecule has 0 unspecified atom stereocenters. The van der Waals surface area contributed by atoms with Crippen molar-refractivity contribution in [2.45, 2.75) is 13.8 Å². The summed E-state index contributed by atoms with van der Waals surface area (Å²) in [5.41, 5.74) is 8.34. The topological polar surface area (TPSA) is 55.1 Å². The first-order valence-electron chi connectivity index (χ1n) is 6.02. The molecule has 1 amide bonds. The number of nitrogens with two attached hydrogens (primary N) is 1. The number of halogens is 2. The summed E-state index contributed by atoms with van der Waals surface area (Å²) in [6.07, 6.45) is 0. The van der Waals surface area contributed by atoms with Gasteiger partial charge in [-0.3, -0.25) is 4.79 Å². The van der Waals surface area contributed by atoms with Crippen LogP contribution in [0.1, 0.15) is 21.5 Å². The molecule has 0 bridgehead atoms. The number of anilines is 2. The van der Waals surface area contributed by atoms with Gasteiger partial charge in [0.2, 0.25) is 0 Å². The summed E-state index contributed by atoms with van der Waals surface area (Å²) in [4.78, 5) is 12.2. The van der Waals surface area contributed by atoms with Crippen LogP contribution in [0.5, 0.6) is 0 Å². The molecule has 3 N–H and O–H groups in total. The van der Waals surface area contributed by atoms with E-state index < -0.39 is 11.7 Å². The van der Waals surface area contributed by atoms with Crippen molar-refractivity contribution in [3.05, 3.63) is 57.9 Å². The highest BCUT2D eigenvalue weighted by Crippen LogP contribution is 2.26. The normalized spacial score (nSPS) is 10.4. The molecule has 3 nitrogen and oxygen atoms in total. The Bertz CT molecular complexity index is 666. The van der Waals surface area contributed by atoms with Crippen molar-refractivity contribution in [1.82, 2.24) is 0 Å². The molecule has 0 aromatic heterocycles. The van der Waals surface area contributed by atoms with E-state index in [1.54, 1.807) is 13.0 Å². The number of hydrogen-bond donors (Lipinski definition) is 2. The van der Waals surface area contributed by atoms with Crippen LogP contribution < -0.4 is 11.1 Å². The van der Waals surface area contributed by atoms with E-state index >= 15 is 0 Å². The molecule has 0 atom stereocenters. The third-order valence-electron chi connectivity index (χ3n) is 3.06. The fraction of sp³-hybridized carbons (Fsp3) is 0.133. The molecule has 2 aromatic rings. The summed E-state index contributed by atoms with van der Waals surface area (Å²) in [5.74, 6) is -1.02. The van der Waals surface area contributed by atoms with Gasteiger partial charge in [0.05, 0.1) is 10.7 Å². The van der Waals surface area contributed by atoms with Gasteiger partial charge in [-0.15, -0.1) is 0 Å². The first kappa shape index (κ1) is 14.3. The average Bonchev–Trinajstić information content (AvgIpc) is 2.38. The van der Waals surface area contributed by atoms with Gasteiger partial charge in [0.25, 0.3) is 5.91 Å². The van der Waals surface area contributed by atoms with E-state index in [4.69, 9.17) is 17.3 Å². The number of amides is 1. The van der Waals surface area contributed by atoms with E-state index in [2.05, 4.69) is 5.32 Å². The van der Waals surface area contributed by atoms with E-state index in [-0.39, 0.29) is 10.7 Å². The highest BCUT2D eigenvalue weighted by molar-refractivity contribution is 6.34. The smallest absolute Gasteiger partial charge is 0.256 e. The van der Waals surface area contributed by atoms with Crippen molar-refractivity contribution >= 4 is 28.9 Å². The summed E-state index contributed by atoms with van der Waals surface area (Å²) in [6.45, 7) is 3.65. The second kappa shape index (κ2) is 5.51. The first-order valence-corrected chi connectivity index (χ1v) is 6.40. The molecule has 0 fully saturated rings. The lowest BCUT2D eigenvalue weighted by Crippen LogP contribution is -2.15. The monoisotopic (exact) mass is 292 g/mol. The molecule has 2 aromatic carbocycles. The van der Waals surface area contributed by atoms with Crippen LogP contribution in [-0.2, 0) is 0 Å². The summed E-state index contributed by atoms with van der Waals surface area (Å²) in [7, 11) is 0.